The van der Waals surface area contributed by atoms with Crippen LogP contribution in [-0.2, 0) is 9.53 Å². The Labute approximate surface area is 147 Å². The summed E-state index contributed by atoms with van der Waals surface area (Å²) in [4.78, 5) is 29.7. The zero-order valence-electron chi connectivity index (χ0n) is 13.0. The molecule has 0 radical (unpaired) electrons. The van der Waals surface area contributed by atoms with Crippen molar-refractivity contribution >= 4 is 44.9 Å². The zero-order chi connectivity index (χ0) is 16.7. The minimum absolute atomic E-state index is 0.00717. The normalized spacial score (nSPS) is 25.4. The van der Waals surface area contributed by atoms with Crippen molar-refractivity contribution in [3.05, 3.63) is 34.6 Å². The largest absolute Gasteiger partial charge is 0.469 e. The number of methoxy groups -OCH3 is 1. The van der Waals surface area contributed by atoms with Crippen LogP contribution in [-0.4, -0.2) is 41.1 Å². The Kier molecular flexibility index (Phi) is 3.88. The molecule has 1 aromatic heterocycles. The van der Waals surface area contributed by atoms with Crippen molar-refractivity contribution in [3.63, 3.8) is 0 Å². The molecule has 1 atom stereocenters. The van der Waals surface area contributed by atoms with E-state index in [1.54, 1.807) is 12.4 Å². The van der Waals surface area contributed by atoms with Crippen molar-refractivity contribution in [1.29, 1.82) is 0 Å². The van der Waals surface area contributed by atoms with Crippen LogP contribution in [0.3, 0.4) is 0 Å². The minimum Gasteiger partial charge on any atom is -0.469 e. The van der Waals surface area contributed by atoms with Crippen molar-refractivity contribution in [1.82, 2.24) is 9.97 Å². The van der Waals surface area contributed by atoms with Crippen LogP contribution in [0.25, 0.3) is 11.0 Å². The van der Waals surface area contributed by atoms with E-state index in [-0.39, 0.29) is 18.1 Å². The molecule has 1 aliphatic carbocycles. The molecular formula is C17H15BrN4O2. The molecule has 0 amide bonds. The highest BCUT2D eigenvalue weighted by atomic mass is 79.9. The van der Waals surface area contributed by atoms with E-state index >= 15 is 0 Å². The summed E-state index contributed by atoms with van der Waals surface area (Å²) < 4.78 is 5.73. The smallest absolute Gasteiger partial charge is 0.308 e. The molecule has 1 fully saturated rings. The first-order valence-electron chi connectivity index (χ1n) is 7.75. The monoisotopic (exact) mass is 386 g/mol. The van der Waals surface area contributed by atoms with Gasteiger partial charge in [-0.25, -0.2) is 4.98 Å². The molecule has 122 valence electrons. The van der Waals surface area contributed by atoms with E-state index in [1.807, 2.05) is 18.2 Å². The number of hydrogen-bond donors (Lipinski definition) is 0. The van der Waals surface area contributed by atoms with Gasteiger partial charge in [0.1, 0.15) is 17.6 Å². The van der Waals surface area contributed by atoms with E-state index in [0.717, 1.165) is 39.8 Å². The predicted molar refractivity (Wildman–Crippen MR) is 94.3 cm³/mol. The lowest BCUT2D eigenvalue weighted by molar-refractivity contribution is -0.150. The van der Waals surface area contributed by atoms with E-state index in [9.17, 15) is 4.79 Å². The summed E-state index contributed by atoms with van der Waals surface area (Å²) in [6.45, 7) is 0. The lowest BCUT2D eigenvalue weighted by Gasteiger charge is -2.34. The van der Waals surface area contributed by atoms with Crippen molar-refractivity contribution in [2.24, 2.45) is 21.8 Å². The fourth-order valence-electron chi connectivity index (χ4n) is 3.09. The van der Waals surface area contributed by atoms with Gasteiger partial charge in [0, 0.05) is 10.4 Å². The number of ether oxygens (including phenoxy) is 1. The Morgan fingerprint density at radius 2 is 2.12 bits per heavy atom. The van der Waals surface area contributed by atoms with Gasteiger partial charge in [-0.3, -0.25) is 19.8 Å². The number of esters is 1. The molecule has 2 aliphatic rings. The number of halogens is 1. The summed E-state index contributed by atoms with van der Waals surface area (Å²) in [6.07, 6.45) is 4.91. The fourth-order valence-corrected chi connectivity index (χ4v) is 3.44. The molecule has 2 aromatic rings. The van der Waals surface area contributed by atoms with Crippen molar-refractivity contribution in [3.8, 4) is 0 Å². The van der Waals surface area contributed by atoms with Crippen molar-refractivity contribution in [2.75, 3.05) is 7.11 Å². The summed E-state index contributed by atoms with van der Waals surface area (Å²) in [5, 5.41) is 0. The molecule has 24 heavy (non-hydrogen) atoms. The third-order valence-corrected chi connectivity index (χ3v) is 5.01. The lowest BCUT2D eigenvalue weighted by atomic mass is 9.73. The molecular weight excluding hydrogens is 372 g/mol. The molecule has 1 unspecified atom stereocenters. The van der Waals surface area contributed by atoms with Gasteiger partial charge in [0.2, 0.25) is 0 Å². The molecule has 0 spiro atoms. The molecule has 6 nitrogen and oxygen atoms in total. The number of hydrogen-bond acceptors (Lipinski definition) is 6. The molecule has 0 bridgehead atoms. The predicted octanol–water partition coefficient (Wildman–Crippen LogP) is 2.79. The molecule has 2 heterocycles. The average molecular weight is 387 g/mol. The maximum Gasteiger partial charge on any atom is 0.308 e. The number of carbonyl (C=O) groups excluding carboxylic acids is 1. The van der Waals surface area contributed by atoms with Crippen LogP contribution in [0.15, 0.2) is 38.9 Å². The van der Waals surface area contributed by atoms with E-state index < -0.39 is 0 Å². The van der Waals surface area contributed by atoms with Crippen LogP contribution >= 0.6 is 15.9 Å². The third-order valence-electron chi connectivity index (χ3n) is 4.52. The molecule has 0 saturated heterocycles. The summed E-state index contributed by atoms with van der Waals surface area (Å²) in [6, 6.07) is 5.79. The standard InChI is InChI=1S/C17H15BrN4O2/c1-24-17(23)10-4-9(5-10)16-20-8-15(22-16)14-7-19-12-3-2-11(18)6-13(12)21-14/h2-3,6-10,16H,4-5H2,1H3. The Morgan fingerprint density at radius 3 is 2.92 bits per heavy atom. The van der Waals surface area contributed by atoms with Gasteiger partial charge in [0.05, 0.1) is 36.5 Å². The first-order chi connectivity index (χ1) is 11.6. The van der Waals surface area contributed by atoms with Gasteiger partial charge in [-0.1, -0.05) is 15.9 Å². The Bertz CT molecular complexity index is 874. The molecule has 0 N–H and O–H groups in total. The SMILES string of the molecule is COC(=O)C1CC(C2N=CC(c3cnc4ccc(Br)cc4n3)=N2)C1. The highest BCUT2D eigenvalue weighted by Crippen LogP contribution is 2.39. The van der Waals surface area contributed by atoms with E-state index in [2.05, 4.69) is 35.9 Å². The second-order valence-electron chi connectivity index (χ2n) is 6.05. The average Bonchev–Trinajstić information content (AvgIpc) is 3.02. The molecule has 1 saturated carbocycles. The van der Waals surface area contributed by atoms with Gasteiger partial charge in [0.15, 0.2) is 0 Å². The van der Waals surface area contributed by atoms with Crippen LogP contribution < -0.4 is 0 Å². The lowest BCUT2D eigenvalue weighted by Crippen LogP contribution is -2.36. The number of rotatable bonds is 3. The number of benzene rings is 1. The summed E-state index contributed by atoms with van der Waals surface area (Å²) in [7, 11) is 1.43. The van der Waals surface area contributed by atoms with Gasteiger partial charge in [-0.05, 0) is 31.0 Å². The molecule has 4 rings (SSSR count). The summed E-state index contributed by atoms with van der Waals surface area (Å²) in [5.74, 6) is 0.154. The van der Waals surface area contributed by atoms with Gasteiger partial charge in [0.25, 0.3) is 0 Å². The zero-order valence-corrected chi connectivity index (χ0v) is 14.6. The van der Waals surface area contributed by atoms with E-state index in [4.69, 9.17) is 4.74 Å². The van der Waals surface area contributed by atoms with Crippen LogP contribution in [0, 0.1) is 11.8 Å². The highest BCUT2D eigenvalue weighted by Gasteiger charge is 2.40. The van der Waals surface area contributed by atoms with Gasteiger partial charge in [-0.2, -0.15) is 0 Å². The first-order valence-corrected chi connectivity index (χ1v) is 8.55. The Hall–Kier alpha value is -2.15. The molecule has 1 aromatic carbocycles. The minimum atomic E-state index is -0.136. The van der Waals surface area contributed by atoms with Crippen molar-refractivity contribution in [2.45, 2.75) is 19.0 Å². The highest BCUT2D eigenvalue weighted by molar-refractivity contribution is 9.10. The van der Waals surface area contributed by atoms with Gasteiger partial charge >= 0.3 is 5.97 Å². The fraction of sp³-hybridized carbons (Fsp3) is 0.353. The van der Waals surface area contributed by atoms with Crippen LogP contribution in [0.4, 0.5) is 0 Å². The number of aromatic nitrogens is 2. The summed E-state index contributed by atoms with van der Waals surface area (Å²) in [5.41, 5.74) is 3.12. The van der Waals surface area contributed by atoms with Gasteiger partial charge < -0.3 is 4.74 Å². The third kappa shape index (κ3) is 2.73. The van der Waals surface area contributed by atoms with Crippen LogP contribution in [0.5, 0.6) is 0 Å². The number of aliphatic imine (C=N–C) groups is 2. The van der Waals surface area contributed by atoms with Crippen LogP contribution in [0.2, 0.25) is 0 Å². The van der Waals surface area contributed by atoms with Gasteiger partial charge in [-0.15, -0.1) is 0 Å². The Morgan fingerprint density at radius 1 is 1.29 bits per heavy atom. The first kappa shape index (κ1) is 15.4. The topological polar surface area (TPSA) is 76.8 Å². The molecule has 7 heteroatoms. The number of carbonyl (C=O) groups is 1. The Balaban J connectivity index is 1.52. The second-order valence-corrected chi connectivity index (χ2v) is 6.96. The van der Waals surface area contributed by atoms with Crippen molar-refractivity contribution < 1.29 is 9.53 Å². The maximum atomic E-state index is 11.5. The quantitative estimate of drug-likeness (QED) is 0.759. The summed E-state index contributed by atoms with van der Waals surface area (Å²) >= 11 is 3.45. The van der Waals surface area contributed by atoms with Crippen LogP contribution in [0.1, 0.15) is 18.5 Å². The number of nitrogens with zero attached hydrogens (tertiary/aromatic N) is 4. The van der Waals surface area contributed by atoms with E-state index in [1.165, 1.54) is 7.11 Å². The van der Waals surface area contributed by atoms with E-state index in [0.29, 0.717) is 5.92 Å². The molecule has 1 aliphatic heterocycles. The maximum absolute atomic E-state index is 11.5. The second kappa shape index (κ2) is 6.05. The number of fused-ring (bicyclic) bond motifs is 1.